The SMILES string of the molecule is CC(C)C1NC(=O)NC(NC(=O)N(C)C)C1(C)C. The van der Waals surface area contributed by atoms with E-state index in [-0.39, 0.29) is 29.7 Å². The van der Waals surface area contributed by atoms with Gasteiger partial charge in [-0.15, -0.1) is 0 Å². The first-order chi connectivity index (χ1) is 8.16. The second-order valence-electron chi connectivity index (χ2n) is 5.94. The maximum absolute atomic E-state index is 11.7. The molecule has 0 aromatic carbocycles. The average Bonchev–Trinajstić information content (AvgIpc) is 2.22. The number of nitrogens with zero attached hydrogens (tertiary/aromatic N) is 1. The number of carbonyl (C=O) groups excluding carboxylic acids is 2. The van der Waals surface area contributed by atoms with Crippen molar-refractivity contribution in [2.24, 2.45) is 11.3 Å². The number of hydrogen-bond donors (Lipinski definition) is 3. The molecule has 2 unspecified atom stereocenters. The van der Waals surface area contributed by atoms with E-state index in [0.29, 0.717) is 5.92 Å². The van der Waals surface area contributed by atoms with Crippen molar-refractivity contribution in [3.05, 3.63) is 0 Å². The Kier molecular flexibility index (Phi) is 4.09. The number of carbonyl (C=O) groups is 2. The molecule has 1 aliphatic rings. The number of hydrogen-bond acceptors (Lipinski definition) is 2. The number of amides is 4. The summed E-state index contributed by atoms with van der Waals surface area (Å²) in [6.45, 7) is 8.18. The molecule has 6 heteroatoms. The van der Waals surface area contributed by atoms with Gasteiger partial charge in [-0.05, 0) is 5.92 Å². The van der Waals surface area contributed by atoms with E-state index in [4.69, 9.17) is 0 Å². The standard InChI is InChI=1S/C12H24N4O2/c1-7(2)8-12(3,4)9(14-10(17)13-8)15-11(18)16(5)6/h7-9H,1-6H3,(H,15,18)(H2,13,14,17). The molecular weight excluding hydrogens is 232 g/mol. The van der Waals surface area contributed by atoms with Crippen LogP contribution < -0.4 is 16.0 Å². The molecular formula is C12H24N4O2. The zero-order valence-corrected chi connectivity index (χ0v) is 12.0. The lowest BCUT2D eigenvalue weighted by Crippen LogP contribution is -2.71. The predicted molar refractivity (Wildman–Crippen MR) is 70.1 cm³/mol. The molecule has 2 atom stereocenters. The highest BCUT2D eigenvalue weighted by Gasteiger charge is 2.45. The molecule has 6 nitrogen and oxygen atoms in total. The van der Waals surface area contributed by atoms with E-state index in [2.05, 4.69) is 29.8 Å². The Morgan fingerprint density at radius 1 is 1.33 bits per heavy atom. The van der Waals surface area contributed by atoms with Crippen LogP contribution >= 0.6 is 0 Å². The maximum Gasteiger partial charge on any atom is 0.318 e. The molecule has 0 spiro atoms. The second-order valence-corrected chi connectivity index (χ2v) is 5.94. The molecule has 0 aromatic rings. The zero-order chi connectivity index (χ0) is 14.1. The van der Waals surface area contributed by atoms with Crippen LogP contribution in [0.4, 0.5) is 9.59 Å². The van der Waals surface area contributed by atoms with E-state index in [9.17, 15) is 9.59 Å². The molecule has 1 saturated heterocycles. The van der Waals surface area contributed by atoms with Crippen molar-refractivity contribution in [3.8, 4) is 0 Å². The Morgan fingerprint density at radius 3 is 2.33 bits per heavy atom. The summed E-state index contributed by atoms with van der Waals surface area (Å²) in [6, 6.07) is -0.437. The van der Waals surface area contributed by atoms with Crippen LogP contribution in [0.3, 0.4) is 0 Å². The minimum absolute atomic E-state index is 0.0127. The molecule has 0 aromatic heterocycles. The fourth-order valence-corrected chi connectivity index (χ4v) is 2.37. The quantitative estimate of drug-likeness (QED) is 0.688. The molecule has 3 N–H and O–H groups in total. The minimum atomic E-state index is -0.381. The fourth-order valence-electron chi connectivity index (χ4n) is 2.37. The summed E-state index contributed by atoms with van der Waals surface area (Å²) in [7, 11) is 3.34. The maximum atomic E-state index is 11.7. The normalized spacial score (nSPS) is 26.3. The Labute approximate surface area is 108 Å². The van der Waals surface area contributed by atoms with Gasteiger partial charge in [-0.25, -0.2) is 9.59 Å². The lowest BCUT2D eigenvalue weighted by atomic mass is 9.74. The van der Waals surface area contributed by atoms with Gasteiger partial charge >= 0.3 is 12.1 Å². The van der Waals surface area contributed by atoms with Gasteiger partial charge in [-0.2, -0.15) is 0 Å². The van der Waals surface area contributed by atoms with Crippen LogP contribution in [0.2, 0.25) is 0 Å². The lowest BCUT2D eigenvalue weighted by molar-refractivity contribution is 0.0919. The summed E-state index contributed by atoms with van der Waals surface area (Å²) in [5.74, 6) is 0.296. The number of nitrogens with one attached hydrogen (secondary N) is 3. The van der Waals surface area contributed by atoms with Crippen LogP contribution in [0.25, 0.3) is 0 Å². The van der Waals surface area contributed by atoms with Crippen LogP contribution in [0.5, 0.6) is 0 Å². The summed E-state index contributed by atoms with van der Waals surface area (Å²) in [6.07, 6.45) is -0.381. The lowest BCUT2D eigenvalue weighted by Gasteiger charge is -2.47. The summed E-state index contributed by atoms with van der Waals surface area (Å²) >= 11 is 0. The summed E-state index contributed by atoms with van der Waals surface area (Å²) in [5.41, 5.74) is -0.270. The Bertz CT molecular complexity index is 339. The molecule has 0 radical (unpaired) electrons. The van der Waals surface area contributed by atoms with E-state index in [0.717, 1.165) is 0 Å². The van der Waals surface area contributed by atoms with Gasteiger partial charge in [0.05, 0.1) is 0 Å². The van der Waals surface area contributed by atoms with Crippen LogP contribution in [-0.2, 0) is 0 Å². The monoisotopic (exact) mass is 256 g/mol. The summed E-state index contributed by atoms with van der Waals surface area (Å²) in [4.78, 5) is 24.8. The smallest absolute Gasteiger partial charge is 0.318 e. The highest BCUT2D eigenvalue weighted by molar-refractivity contribution is 5.78. The van der Waals surface area contributed by atoms with Crippen molar-refractivity contribution in [2.75, 3.05) is 14.1 Å². The van der Waals surface area contributed by atoms with Gasteiger partial charge in [0, 0.05) is 25.6 Å². The van der Waals surface area contributed by atoms with Crippen molar-refractivity contribution in [3.63, 3.8) is 0 Å². The van der Waals surface area contributed by atoms with Crippen LogP contribution in [0.15, 0.2) is 0 Å². The molecule has 1 aliphatic heterocycles. The van der Waals surface area contributed by atoms with Crippen LogP contribution in [0, 0.1) is 11.3 Å². The average molecular weight is 256 g/mol. The summed E-state index contributed by atoms with van der Waals surface area (Å²) < 4.78 is 0. The molecule has 4 amide bonds. The molecule has 1 heterocycles. The van der Waals surface area contributed by atoms with Gasteiger partial charge in [-0.1, -0.05) is 27.7 Å². The predicted octanol–water partition coefficient (Wildman–Crippen LogP) is 0.947. The first kappa shape index (κ1) is 14.6. The van der Waals surface area contributed by atoms with E-state index in [1.54, 1.807) is 14.1 Å². The van der Waals surface area contributed by atoms with E-state index in [1.807, 2.05) is 13.8 Å². The molecule has 0 bridgehead atoms. The van der Waals surface area contributed by atoms with E-state index >= 15 is 0 Å². The largest absolute Gasteiger partial charge is 0.334 e. The first-order valence-electron chi connectivity index (χ1n) is 6.21. The Balaban J connectivity index is 2.88. The zero-order valence-electron chi connectivity index (χ0n) is 12.0. The third-order valence-electron chi connectivity index (χ3n) is 3.45. The molecule has 18 heavy (non-hydrogen) atoms. The second kappa shape index (κ2) is 5.04. The fraction of sp³-hybridized carbons (Fsp3) is 0.833. The van der Waals surface area contributed by atoms with E-state index < -0.39 is 0 Å². The summed E-state index contributed by atoms with van der Waals surface area (Å²) in [5, 5.41) is 8.53. The topological polar surface area (TPSA) is 73.5 Å². The Morgan fingerprint density at radius 2 is 1.89 bits per heavy atom. The first-order valence-corrected chi connectivity index (χ1v) is 6.21. The van der Waals surface area contributed by atoms with Crippen molar-refractivity contribution in [2.45, 2.75) is 39.9 Å². The van der Waals surface area contributed by atoms with Crippen molar-refractivity contribution in [1.29, 1.82) is 0 Å². The molecule has 1 rings (SSSR count). The highest BCUT2D eigenvalue weighted by Crippen LogP contribution is 2.31. The van der Waals surface area contributed by atoms with Gasteiger partial charge in [-0.3, -0.25) is 0 Å². The van der Waals surface area contributed by atoms with Gasteiger partial charge < -0.3 is 20.9 Å². The number of urea groups is 2. The van der Waals surface area contributed by atoms with Crippen molar-refractivity contribution < 1.29 is 9.59 Å². The van der Waals surface area contributed by atoms with Crippen molar-refractivity contribution in [1.82, 2.24) is 20.9 Å². The molecule has 0 aliphatic carbocycles. The molecule has 0 saturated carbocycles. The highest BCUT2D eigenvalue weighted by atomic mass is 16.2. The molecule has 1 fully saturated rings. The minimum Gasteiger partial charge on any atom is -0.334 e. The van der Waals surface area contributed by atoms with Gasteiger partial charge in [0.1, 0.15) is 6.17 Å². The third kappa shape index (κ3) is 2.86. The van der Waals surface area contributed by atoms with Crippen molar-refractivity contribution >= 4 is 12.1 Å². The van der Waals surface area contributed by atoms with E-state index in [1.165, 1.54) is 4.90 Å². The van der Waals surface area contributed by atoms with Gasteiger partial charge in [0.15, 0.2) is 0 Å². The third-order valence-corrected chi connectivity index (χ3v) is 3.45. The Hall–Kier alpha value is -1.46. The molecule has 104 valence electrons. The van der Waals surface area contributed by atoms with Gasteiger partial charge in [0.25, 0.3) is 0 Å². The van der Waals surface area contributed by atoms with Gasteiger partial charge in [0.2, 0.25) is 0 Å². The van der Waals surface area contributed by atoms with Crippen LogP contribution in [0.1, 0.15) is 27.7 Å². The number of rotatable bonds is 2. The van der Waals surface area contributed by atoms with Crippen LogP contribution in [-0.4, -0.2) is 43.3 Å².